The summed E-state index contributed by atoms with van der Waals surface area (Å²) in [6, 6.07) is 4.42. The Morgan fingerprint density at radius 2 is 1.93 bits per heavy atom. The number of hydrogen-bond acceptors (Lipinski definition) is 4. The van der Waals surface area contributed by atoms with Crippen LogP contribution in [0.1, 0.15) is 38.8 Å². The van der Waals surface area contributed by atoms with E-state index in [4.69, 9.17) is 20.9 Å². The molecule has 0 saturated carbocycles. The molecule has 0 unspecified atom stereocenters. The number of amides is 1. The van der Waals surface area contributed by atoms with Crippen LogP contribution in [0.3, 0.4) is 0 Å². The van der Waals surface area contributed by atoms with E-state index in [1.54, 1.807) is 12.1 Å². The van der Waals surface area contributed by atoms with Crippen molar-refractivity contribution in [1.82, 2.24) is 4.98 Å². The monoisotopic (exact) mass is 434 g/mol. The van der Waals surface area contributed by atoms with Gasteiger partial charge in [0.1, 0.15) is 16.8 Å². The van der Waals surface area contributed by atoms with E-state index >= 15 is 8.78 Å². The highest BCUT2D eigenvalue weighted by molar-refractivity contribution is 6.62. The first-order valence-corrected chi connectivity index (χ1v) is 10.2. The van der Waals surface area contributed by atoms with Crippen molar-refractivity contribution in [3.05, 3.63) is 52.3 Å². The van der Waals surface area contributed by atoms with Crippen LogP contribution < -0.4 is 10.4 Å². The van der Waals surface area contributed by atoms with Gasteiger partial charge in [0.2, 0.25) is 5.91 Å². The second kappa shape index (κ2) is 7.29. The van der Waals surface area contributed by atoms with Gasteiger partial charge in [-0.25, -0.2) is 13.8 Å². The number of rotatable bonds is 3. The standard InChI is InChI=1S/C21H22BClF2N2O3/c1-20(2)21(3,4)30-22(29-20)14-11-15(24)18-13(17(14)25)7-9-27(18)16(28)10-12-6-5-8-26-19(12)23/h5-6,8,11H,7,9-10H2,1-4H3. The number of benzene rings is 1. The number of hydrogen-bond donors (Lipinski definition) is 0. The largest absolute Gasteiger partial charge is 0.497 e. The van der Waals surface area contributed by atoms with Crippen LogP contribution >= 0.6 is 11.6 Å². The van der Waals surface area contributed by atoms with E-state index in [-0.39, 0.29) is 47.2 Å². The van der Waals surface area contributed by atoms with Gasteiger partial charge in [0.05, 0.1) is 23.3 Å². The Kier molecular flexibility index (Phi) is 5.15. The van der Waals surface area contributed by atoms with Crippen LogP contribution in [-0.2, 0) is 26.9 Å². The van der Waals surface area contributed by atoms with E-state index in [1.807, 2.05) is 27.7 Å². The lowest BCUT2D eigenvalue weighted by Crippen LogP contribution is -2.41. The average molecular weight is 435 g/mol. The number of pyridine rings is 1. The fourth-order valence-corrected chi connectivity index (χ4v) is 3.93. The lowest BCUT2D eigenvalue weighted by molar-refractivity contribution is -0.117. The number of anilines is 1. The third-order valence-electron chi connectivity index (χ3n) is 6.15. The molecule has 3 heterocycles. The maximum Gasteiger partial charge on any atom is 0.497 e. The van der Waals surface area contributed by atoms with Gasteiger partial charge in [0, 0.05) is 23.8 Å². The molecule has 0 N–H and O–H groups in total. The minimum absolute atomic E-state index is 0.00880. The van der Waals surface area contributed by atoms with E-state index in [1.165, 1.54) is 11.1 Å². The maximum absolute atomic E-state index is 15.3. The van der Waals surface area contributed by atoms with Crippen LogP contribution in [0.2, 0.25) is 5.15 Å². The second-order valence-electron chi connectivity index (χ2n) is 8.60. The molecular formula is C21H22BClF2N2O3. The Morgan fingerprint density at radius 1 is 1.27 bits per heavy atom. The molecule has 5 nitrogen and oxygen atoms in total. The Hall–Kier alpha value is -2.03. The molecule has 1 saturated heterocycles. The fraction of sp³-hybridized carbons (Fsp3) is 0.429. The summed E-state index contributed by atoms with van der Waals surface area (Å²) in [5, 5.41) is 0.216. The van der Waals surface area contributed by atoms with Crippen LogP contribution in [0, 0.1) is 11.6 Å². The molecule has 1 fully saturated rings. The summed E-state index contributed by atoms with van der Waals surface area (Å²) < 4.78 is 42.2. The number of carbonyl (C=O) groups excluding carboxylic acids is 1. The Balaban J connectivity index is 1.64. The van der Waals surface area contributed by atoms with E-state index < -0.39 is 30.0 Å². The molecule has 2 aliphatic rings. The summed E-state index contributed by atoms with van der Waals surface area (Å²) in [6.45, 7) is 7.57. The molecule has 158 valence electrons. The minimum Gasteiger partial charge on any atom is -0.399 e. The molecular weight excluding hydrogens is 413 g/mol. The molecule has 0 radical (unpaired) electrons. The molecule has 0 aliphatic carbocycles. The number of carbonyl (C=O) groups is 1. The zero-order valence-corrected chi connectivity index (χ0v) is 18.0. The van der Waals surface area contributed by atoms with Crippen molar-refractivity contribution in [3.8, 4) is 0 Å². The van der Waals surface area contributed by atoms with Crippen molar-refractivity contribution in [2.75, 3.05) is 11.4 Å². The fourth-order valence-electron chi connectivity index (χ4n) is 3.75. The molecule has 1 aromatic carbocycles. The molecule has 1 aromatic heterocycles. The number of aromatic nitrogens is 1. The lowest BCUT2D eigenvalue weighted by atomic mass is 9.77. The second-order valence-corrected chi connectivity index (χ2v) is 8.96. The molecule has 2 aliphatic heterocycles. The van der Waals surface area contributed by atoms with Crippen molar-refractivity contribution in [2.45, 2.75) is 51.7 Å². The predicted molar refractivity (Wildman–Crippen MR) is 111 cm³/mol. The lowest BCUT2D eigenvalue weighted by Gasteiger charge is -2.32. The van der Waals surface area contributed by atoms with Gasteiger partial charge < -0.3 is 14.2 Å². The quantitative estimate of drug-likeness (QED) is 0.548. The Labute approximate surface area is 179 Å². The molecule has 2 aromatic rings. The van der Waals surface area contributed by atoms with Gasteiger partial charge in [0.25, 0.3) is 0 Å². The average Bonchev–Trinajstić information content (AvgIpc) is 3.19. The first-order valence-electron chi connectivity index (χ1n) is 9.78. The molecule has 0 bridgehead atoms. The van der Waals surface area contributed by atoms with E-state index in [9.17, 15) is 4.79 Å². The van der Waals surface area contributed by atoms with Gasteiger partial charge in [-0.05, 0) is 51.8 Å². The summed E-state index contributed by atoms with van der Waals surface area (Å²) >= 11 is 6.03. The van der Waals surface area contributed by atoms with Crippen molar-refractivity contribution < 1.29 is 22.9 Å². The van der Waals surface area contributed by atoms with Crippen molar-refractivity contribution in [2.24, 2.45) is 0 Å². The van der Waals surface area contributed by atoms with Crippen molar-refractivity contribution >= 4 is 35.8 Å². The molecule has 0 atom stereocenters. The SMILES string of the molecule is CC1(C)OB(c2cc(F)c3c(c2F)CCN3C(=O)Cc2cccnc2Cl)OC1(C)C. The summed E-state index contributed by atoms with van der Waals surface area (Å²) in [7, 11) is -1.02. The predicted octanol–water partition coefficient (Wildman–Crippen LogP) is 3.44. The number of fused-ring (bicyclic) bond motifs is 1. The Bertz CT molecular complexity index is 1020. The van der Waals surface area contributed by atoms with Gasteiger partial charge in [-0.1, -0.05) is 17.7 Å². The molecule has 1 amide bonds. The third-order valence-corrected chi connectivity index (χ3v) is 6.49. The third kappa shape index (κ3) is 3.41. The highest BCUT2D eigenvalue weighted by Gasteiger charge is 2.53. The number of halogens is 3. The highest BCUT2D eigenvalue weighted by Crippen LogP contribution is 2.38. The highest BCUT2D eigenvalue weighted by atomic mass is 35.5. The minimum atomic E-state index is -1.02. The van der Waals surface area contributed by atoms with Crippen LogP contribution in [0.4, 0.5) is 14.5 Å². The molecule has 9 heteroatoms. The van der Waals surface area contributed by atoms with Crippen LogP contribution in [0.15, 0.2) is 24.4 Å². The summed E-state index contributed by atoms with van der Waals surface area (Å²) in [5.41, 5.74) is -0.681. The normalized spacial score (nSPS) is 19.3. The van der Waals surface area contributed by atoms with Crippen molar-refractivity contribution in [3.63, 3.8) is 0 Å². The van der Waals surface area contributed by atoms with Gasteiger partial charge in [-0.2, -0.15) is 0 Å². The molecule has 4 rings (SSSR count). The van der Waals surface area contributed by atoms with Gasteiger partial charge in [-0.3, -0.25) is 4.79 Å². The zero-order valence-electron chi connectivity index (χ0n) is 17.3. The number of nitrogens with zero attached hydrogens (tertiary/aromatic N) is 2. The van der Waals surface area contributed by atoms with Crippen LogP contribution in [0.5, 0.6) is 0 Å². The van der Waals surface area contributed by atoms with Crippen LogP contribution in [0.25, 0.3) is 0 Å². The van der Waals surface area contributed by atoms with E-state index in [0.29, 0.717) is 5.56 Å². The van der Waals surface area contributed by atoms with Gasteiger partial charge in [-0.15, -0.1) is 0 Å². The van der Waals surface area contributed by atoms with Gasteiger partial charge in [0.15, 0.2) is 0 Å². The first kappa shape index (κ1) is 21.2. The van der Waals surface area contributed by atoms with E-state index in [0.717, 1.165) is 6.07 Å². The Morgan fingerprint density at radius 3 is 2.57 bits per heavy atom. The topological polar surface area (TPSA) is 51.7 Å². The summed E-state index contributed by atoms with van der Waals surface area (Å²) in [5.74, 6) is -1.65. The summed E-state index contributed by atoms with van der Waals surface area (Å²) in [4.78, 5) is 18.0. The maximum atomic E-state index is 15.3. The molecule has 30 heavy (non-hydrogen) atoms. The van der Waals surface area contributed by atoms with Crippen molar-refractivity contribution in [1.29, 1.82) is 0 Å². The zero-order chi connectivity index (χ0) is 21.8. The first-order chi connectivity index (χ1) is 14.0. The summed E-state index contributed by atoms with van der Waals surface area (Å²) in [6.07, 6.45) is 1.68. The smallest absolute Gasteiger partial charge is 0.399 e. The van der Waals surface area contributed by atoms with E-state index in [2.05, 4.69) is 4.98 Å². The molecule has 0 spiro atoms. The van der Waals surface area contributed by atoms with Crippen LogP contribution in [-0.4, -0.2) is 35.8 Å². The van der Waals surface area contributed by atoms with Gasteiger partial charge >= 0.3 is 7.12 Å².